The van der Waals surface area contributed by atoms with Crippen LogP contribution in [0.15, 0.2) is 10.6 Å². The van der Waals surface area contributed by atoms with Crippen molar-refractivity contribution in [3.63, 3.8) is 0 Å². The molecule has 0 saturated carbocycles. The number of fused-ring (bicyclic) bond motifs is 1. The normalized spacial score (nSPS) is 21.4. The zero-order valence-electron chi connectivity index (χ0n) is 13.0. The lowest BCUT2D eigenvalue weighted by atomic mass is 9.99. The fourth-order valence-electron chi connectivity index (χ4n) is 2.88. The fourth-order valence-corrected chi connectivity index (χ4v) is 2.88. The number of piperidine rings is 1. The predicted molar refractivity (Wildman–Crippen MR) is 86.5 cm³/mol. The Morgan fingerprint density at radius 1 is 1.45 bits per heavy atom. The van der Waals surface area contributed by atoms with E-state index >= 15 is 0 Å². The monoisotopic (exact) mass is 324 g/mol. The molecule has 0 radical (unpaired) electrons. The van der Waals surface area contributed by atoms with E-state index in [1.54, 1.807) is 6.07 Å². The minimum atomic E-state index is -0.0858. The summed E-state index contributed by atoms with van der Waals surface area (Å²) in [5, 5.41) is 11.1. The molecular weight excluding hydrogens is 304 g/mol. The highest BCUT2D eigenvalue weighted by molar-refractivity contribution is 6.06. The van der Waals surface area contributed by atoms with E-state index in [0.29, 0.717) is 22.4 Å². The smallest absolute Gasteiger partial charge is 0.258 e. The maximum Gasteiger partial charge on any atom is 0.258 e. The Morgan fingerprint density at radius 3 is 2.95 bits per heavy atom. The van der Waals surface area contributed by atoms with Gasteiger partial charge >= 0.3 is 0 Å². The van der Waals surface area contributed by atoms with Gasteiger partial charge in [-0.25, -0.2) is 4.98 Å². The summed E-state index contributed by atoms with van der Waals surface area (Å²) >= 11 is 0. The van der Waals surface area contributed by atoms with Crippen LogP contribution in [0.1, 0.15) is 41.5 Å². The zero-order chi connectivity index (χ0) is 15.0. The third-order valence-electron chi connectivity index (χ3n) is 4.07. The van der Waals surface area contributed by atoms with E-state index in [1.807, 2.05) is 13.8 Å². The van der Waals surface area contributed by atoms with Crippen molar-refractivity contribution in [1.82, 2.24) is 20.8 Å². The SMILES string of the molecule is Cc1cc(C(=O)NC2CCCNC2C)c2c(C)noc2n1.Cl. The van der Waals surface area contributed by atoms with Gasteiger partial charge in [-0.15, -0.1) is 12.4 Å². The van der Waals surface area contributed by atoms with Crippen LogP contribution in [0.5, 0.6) is 0 Å². The molecule has 22 heavy (non-hydrogen) atoms. The van der Waals surface area contributed by atoms with Crippen LogP contribution in [-0.4, -0.2) is 34.7 Å². The van der Waals surface area contributed by atoms with Gasteiger partial charge in [-0.3, -0.25) is 4.79 Å². The summed E-state index contributed by atoms with van der Waals surface area (Å²) in [6, 6.07) is 2.22. The predicted octanol–water partition coefficient (Wildman–Crippen LogP) is 2.13. The largest absolute Gasteiger partial charge is 0.348 e. The number of rotatable bonds is 2. The third kappa shape index (κ3) is 3.08. The second kappa shape index (κ2) is 6.62. The van der Waals surface area contributed by atoms with E-state index in [0.717, 1.165) is 25.1 Å². The molecule has 3 rings (SSSR count). The Kier molecular flexibility index (Phi) is 5.03. The van der Waals surface area contributed by atoms with Gasteiger partial charge in [-0.1, -0.05) is 5.16 Å². The number of carbonyl (C=O) groups is 1. The standard InChI is InChI=1S/C15H20N4O2.ClH/c1-8-7-11(13-10(3)19-21-15(13)17-8)14(20)18-12-5-4-6-16-9(12)2;/h7,9,12,16H,4-6H2,1-3H3,(H,18,20);1H. The van der Waals surface area contributed by atoms with Crippen LogP contribution in [0.3, 0.4) is 0 Å². The average Bonchev–Trinajstić information content (AvgIpc) is 2.82. The number of halogens is 1. The summed E-state index contributed by atoms with van der Waals surface area (Å²) in [6.45, 7) is 6.78. The molecule has 6 nitrogen and oxygen atoms in total. The molecule has 1 amide bonds. The Bertz CT molecular complexity index is 685. The first-order valence-corrected chi connectivity index (χ1v) is 7.34. The van der Waals surface area contributed by atoms with E-state index in [4.69, 9.17) is 4.52 Å². The Morgan fingerprint density at radius 2 is 2.23 bits per heavy atom. The minimum Gasteiger partial charge on any atom is -0.348 e. The molecular formula is C15H21ClN4O2. The van der Waals surface area contributed by atoms with Crippen LogP contribution in [0, 0.1) is 13.8 Å². The van der Waals surface area contributed by atoms with Gasteiger partial charge in [0.05, 0.1) is 16.6 Å². The van der Waals surface area contributed by atoms with Crippen molar-refractivity contribution in [2.24, 2.45) is 0 Å². The number of hydrogen-bond donors (Lipinski definition) is 2. The molecule has 0 bridgehead atoms. The lowest BCUT2D eigenvalue weighted by molar-refractivity contribution is 0.0921. The van der Waals surface area contributed by atoms with Crippen molar-refractivity contribution in [1.29, 1.82) is 0 Å². The Balaban J connectivity index is 0.00000176. The molecule has 7 heteroatoms. The highest BCUT2D eigenvalue weighted by Crippen LogP contribution is 2.22. The number of nitrogens with one attached hydrogen (secondary N) is 2. The molecule has 1 aliphatic heterocycles. The number of aryl methyl sites for hydroxylation is 2. The van der Waals surface area contributed by atoms with E-state index in [9.17, 15) is 4.79 Å². The molecule has 2 unspecified atom stereocenters. The highest BCUT2D eigenvalue weighted by Gasteiger charge is 2.25. The van der Waals surface area contributed by atoms with Gasteiger partial charge in [0.1, 0.15) is 0 Å². The number of aromatic nitrogens is 2. The molecule has 0 aliphatic carbocycles. The first kappa shape index (κ1) is 16.7. The first-order chi connectivity index (χ1) is 10.1. The first-order valence-electron chi connectivity index (χ1n) is 7.34. The molecule has 120 valence electrons. The van der Waals surface area contributed by atoms with Gasteiger partial charge < -0.3 is 15.2 Å². The summed E-state index contributed by atoms with van der Waals surface area (Å²) in [6.07, 6.45) is 2.07. The lowest BCUT2D eigenvalue weighted by Crippen LogP contribution is -2.51. The molecule has 2 N–H and O–H groups in total. The van der Waals surface area contributed by atoms with Crippen LogP contribution in [0.25, 0.3) is 11.1 Å². The summed E-state index contributed by atoms with van der Waals surface area (Å²) in [5.74, 6) is -0.0858. The number of amides is 1. The van der Waals surface area contributed by atoms with Gasteiger partial charge in [-0.05, 0) is 46.2 Å². The summed E-state index contributed by atoms with van der Waals surface area (Å²) in [7, 11) is 0. The fraction of sp³-hybridized carbons (Fsp3) is 0.533. The van der Waals surface area contributed by atoms with Crippen LogP contribution in [0.2, 0.25) is 0 Å². The van der Waals surface area contributed by atoms with Crippen LogP contribution >= 0.6 is 12.4 Å². The maximum absolute atomic E-state index is 12.6. The molecule has 1 saturated heterocycles. The summed E-state index contributed by atoms with van der Waals surface area (Å²) in [4.78, 5) is 16.9. The highest BCUT2D eigenvalue weighted by atomic mass is 35.5. The molecule has 2 aromatic rings. The molecule has 2 atom stereocenters. The third-order valence-corrected chi connectivity index (χ3v) is 4.07. The van der Waals surface area contributed by atoms with Crippen LogP contribution < -0.4 is 10.6 Å². The second-order valence-electron chi connectivity index (χ2n) is 5.72. The molecule has 0 spiro atoms. The minimum absolute atomic E-state index is 0. The van der Waals surface area contributed by atoms with Crippen molar-refractivity contribution in [2.45, 2.75) is 45.7 Å². The van der Waals surface area contributed by atoms with E-state index < -0.39 is 0 Å². The molecule has 2 aromatic heterocycles. The second-order valence-corrected chi connectivity index (χ2v) is 5.72. The molecule has 1 fully saturated rings. The van der Waals surface area contributed by atoms with Gasteiger partial charge in [0.25, 0.3) is 11.6 Å². The van der Waals surface area contributed by atoms with Gasteiger partial charge in [0, 0.05) is 17.8 Å². The van der Waals surface area contributed by atoms with E-state index in [2.05, 4.69) is 27.7 Å². The number of hydrogen-bond acceptors (Lipinski definition) is 5. The van der Waals surface area contributed by atoms with E-state index in [-0.39, 0.29) is 30.4 Å². The topological polar surface area (TPSA) is 80.0 Å². The van der Waals surface area contributed by atoms with Crippen LogP contribution in [-0.2, 0) is 0 Å². The molecule has 1 aliphatic rings. The molecule has 3 heterocycles. The Hall–Kier alpha value is -1.66. The lowest BCUT2D eigenvalue weighted by Gasteiger charge is -2.30. The zero-order valence-corrected chi connectivity index (χ0v) is 13.8. The van der Waals surface area contributed by atoms with Crippen molar-refractivity contribution in [3.05, 3.63) is 23.0 Å². The number of pyridine rings is 1. The van der Waals surface area contributed by atoms with Crippen molar-refractivity contribution in [2.75, 3.05) is 6.54 Å². The summed E-state index contributed by atoms with van der Waals surface area (Å²) < 4.78 is 5.18. The number of nitrogens with zero attached hydrogens (tertiary/aromatic N) is 2. The Labute approximate surface area is 135 Å². The van der Waals surface area contributed by atoms with E-state index in [1.165, 1.54) is 0 Å². The van der Waals surface area contributed by atoms with Gasteiger partial charge in [-0.2, -0.15) is 0 Å². The van der Waals surface area contributed by atoms with Gasteiger partial charge in [0.15, 0.2) is 0 Å². The maximum atomic E-state index is 12.6. The quantitative estimate of drug-likeness (QED) is 0.884. The summed E-state index contributed by atoms with van der Waals surface area (Å²) in [5.41, 5.74) is 2.46. The average molecular weight is 325 g/mol. The van der Waals surface area contributed by atoms with Gasteiger partial charge in [0.2, 0.25) is 0 Å². The molecule has 0 aromatic carbocycles. The van der Waals surface area contributed by atoms with Crippen LogP contribution in [0.4, 0.5) is 0 Å². The van der Waals surface area contributed by atoms with Crippen molar-refractivity contribution in [3.8, 4) is 0 Å². The van der Waals surface area contributed by atoms with Crippen molar-refractivity contribution < 1.29 is 9.32 Å². The van der Waals surface area contributed by atoms with Crippen molar-refractivity contribution >= 4 is 29.4 Å². The number of carbonyl (C=O) groups excluding carboxylic acids is 1.